The minimum Gasteiger partial charge on any atom is -0.395 e. The summed E-state index contributed by atoms with van der Waals surface area (Å²) in [4.78, 5) is 12.6. The first-order valence-corrected chi connectivity index (χ1v) is 9.30. The third kappa shape index (κ3) is 4.66. The molecule has 31 heavy (non-hydrogen) atoms. The largest absolute Gasteiger partial charge is 0.395 e. The highest BCUT2D eigenvalue weighted by molar-refractivity contribution is 6.32. The number of hydrogen-bond donors (Lipinski definition) is 3. The third-order valence-corrected chi connectivity index (χ3v) is 4.48. The highest BCUT2D eigenvalue weighted by atomic mass is 35.5. The number of para-hydroxylation sites is 1. The molecule has 4 rings (SSSR count). The van der Waals surface area contributed by atoms with Crippen LogP contribution in [0.25, 0.3) is 16.6 Å². The number of nitrogens with one attached hydrogen (secondary N) is 2. The summed E-state index contributed by atoms with van der Waals surface area (Å²) in [5, 5.41) is 19.5. The van der Waals surface area contributed by atoms with Crippen LogP contribution in [-0.2, 0) is 0 Å². The van der Waals surface area contributed by atoms with Crippen molar-refractivity contribution in [3.63, 3.8) is 0 Å². The van der Waals surface area contributed by atoms with E-state index >= 15 is 0 Å². The summed E-state index contributed by atoms with van der Waals surface area (Å²) in [6, 6.07) is 5.85. The number of nitrogens with zero attached hydrogens (tertiary/aromatic N) is 5. The number of halogens is 4. The van der Waals surface area contributed by atoms with Gasteiger partial charge in [-0.1, -0.05) is 17.7 Å². The van der Waals surface area contributed by atoms with Crippen molar-refractivity contribution < 1.29 is 13.9 Å². The zero-order valence-corrected chi connectivity index (χ0v) is 17.7. The lowest BCUT2D eigenvalue weighted by atomic mass is 10.3. The highest BCUT2D eigenvalue weighted by Crippen LogP contribution is 2.29. The van der Waals surface area contributed by atoms with Crippen molar-refractivity contribution >= 4 is 52.4 Å². The van der Waals surface area contributed by atoms with Crippen LogP contribution in [0, 0.1) is 18.6 Å². The highest BCUT2D eigenvalue weighted by Gasteiger charge is 2.17. The molecule has 0 unspecified atom stereocenters. The maximum Gasteiger partial charge on any atom is 0.169 e. The molecule has 0 aliphatic carbocycles. The molecule has 4 aromatic rings. The molecule has 3 heterocycles. The monoisotopic (exact) mass is 467 g/mol. The standard InChI is InChI=1S/C19H16ClF2N7O.ClH/c1-10-25-15(23-5-6-30)7-16(26-10)27-19-11-9-29(28-17(11)14(22)8-24-19)18-12(20)3-2-4-13(18)21;/h2-4,7-9,30H,5-6H2,1H3,(H2,23,24,25,26,27);1H. The average molecular weight is 468 g/mol. The van der Waals surface area contributed by atoms with E-state index in [-0.39, 0.29) is 41.1 Å². The van der Waals surface area contributed by atoms with E-state index in [2.05, 4.69) is 30.7 Å². The molecule has 0 aliphatic heterocycles. The Labute approximate surface area is 186 Å². The van der Waals surface area contributed by atoms with Gasteiger partial charge in [0.25, 0.3) is 0 Å². The van der Waals surface area contributed by atoms with Crippen LogP contribution in [-0.4, -0.2) is 43.0 Å². The van der Waals surface area contributed by atoms with Crippen LogP contribution in [0.15, 0.2) is 36.7 Å². The first-order chi connectivity index (χ1) is 14.5. The fraction of sp³-hybridized carbons (Fsp3) is 0.158. The zero-order chi connectivity index (χ0) is 21.3. The van der Waals surface area contributed by atoms with Crippen molar-refractivity contribution in [2.45, 2.75) is 6.92 Å². The molecule has 0 atom stereocenters. The summed E-state index contributed by atoms with van der Waals surface area (Å²) in [7, 11) is 0. The number of aromatic nitrogens is 5. The van der Waals surface area contributed by atoms with E-state index in [9.17, 15) is 8.78 Å². The summed E-state index contributed by atoms with van der Waals surface area (Å²) >= 11 is 6.11. The average Bonchev–Trinajstić information content (AvgIpc) is 3.14. The Bertz CT molecular complexity index is 1220. The van der Waals surface area contributed by atoms with Gasteiger partial charge in [0.1, 0.15) is 40.3 Å². The van der Waals surface area contributed by atoms with Gasteiger partial charge in [-0.25, -0.2) is 28.4 Å². The summed E-state index contributed by atoms with van der Waals surface area (Å²) in [6.07, 6.45) is 2.46. The fourth-order valence-corrected chi connectivity index (χ4v) is 3.17. The van der Waals surface area contributed by atoms with Gasteiger partial charge in [-0.3, -0.25) is 0 Å². The lowest BCUT2D eigenvalue weighted by Gasteiger charge is -2.09. The number of rotatable bonds is 6. The van der Waals surface area contributed by atoms with Crippen molar-refractivity contribution in [3.05, 3.63) is 59.1 Å². The summed E-state index contributed by atoms with van der Waals surface area (Å²) < 4.78 is 29.8. The minimum atomic E-state index is -0.661. The van der Waals surface area contributed by atoms with Gasteiger partial charge in [0.2, 0.25) is 0 Å². The van der Waals surface area contributed by atoms with E-state index in [0.29, 0.717) is 29.4 Å². The molecule has 0 saturated heterocycles. The van der Waals surface area contributed by atoms with Crippen LogP contribution in [0.3, 0.4) is 0 Å². The molecule has 0 fully saturated rings. The first-order valence-electron chi connectivity index (χ1n) is 8.92. The van der Waals surface area contributed by atoms with Crippen molar-refractivity contribution in [2.24, 2.45) is 0 Å². The smallest absolute Gasteiger partial charge is 0.169 e. The summed E-state index contributed by atoms with van der Waals surface area (Å²) in [5.74, 6) is 0.408. The van der Waals surface area contributed by atoms with E-state index in [1.54, 1.807) is 13.0 Å². The number of fused-ring (bicyclic) bond motifs is 1. The molecule has 0 aliphatic rings. The molecule has 12 heteroatoms. The van der Waals surface area contributed by atoms with Crippen molar-refractivity contribution in [3.8, 4) is 5.69 Å². The molecular weight excluding hydrogens is 451 g/mol. The predicted molar refractivity (Wildman–Crippen MR) is 117 cm³/mol. The Morgan fingerprint density at radius 2 is 1.94 bits per heavy atom. The number of anilines is 3. The molecule has 0 saturated carbocycles. The Balaban J connectivity index is 0.00000272. The van der Waals surface area contributed by atoms with Gasteiger partial charge < -0.3 is 15.7 Å². The molecular formula is C19H17Cl2F2N7O. The third-order valence-electron chi connectivity index (χ3n) is 4.17. The molecule has 1 aromatic carbocycles. The number of aryl methyl sites for hydroxylation is 1. The van der Waals surface area contributed by atoms with Crippen LogP contribution in [0.1, 0.15) is 5.82 Å². The molecule has 3 N–H and O–H groups in total. The molecule has 8 nitrogen and oxygen atoms in total. The van der Waals surface area contributed by atoms with Crippen LogP contribution >= 0.6 is 24.0 Å². The Morgan fingerprint density at radius 1 is 1.16 bits per heavy atom. The van der Waals surface area contributed by atoms with Crippen molar-refractivity contribution in [1.82, 2.24) is 24.7 Å². The second-order valence-corrected chi connectivity index (χ2v) is 6.73. The van der Waals surface area contributed by atoms with Gasteiger partial charge in [-0.15, -0.1) is 12.4 Å². The zero-order valence-electron chi connectivity index (χ0n) is 16.1. The van der Waals surface area contributed by atoms with Gasteiger partial charge in [-0.2, -0.15) is 5.10 Å². The van der Waals surface area contributed by atoms with Crippen LogP contribution in [0.4, 0.5) is 26.2 Å². The number of benzene rings is 1. The van der Waals surface area contributed by atoms with Gasteiger partial charge in [0.05, 0.1) is 23.2 Å². The van der Waals surface area contributed by atoms with Crippen molar-refractivity contribution in [1.29, 1.82) is 0 Å². The van der Waals surface area contributed by atoms with Gasteiger partial charge in [-0.05, 0) is 19.1 Å². The maximum atomic E-state index is 14.4. The van der Waals surface area contributed by atoms with Crippen LogP contribution in [0.2, 0.25) is 5.02 Å². The van der Waals surface area contributed by atoms with Crippen LogP contribution in [0.5, 0.6) is 0 Å². The Morgan fingerprint density at radius 3 is 2.68 bits per heavy atom. The number of aliphatic hydroxyl groups is 1. The number of aliphatic hydroxyl groups excluding tert-OH is 1. The second-order valence-electron chi connectivity index (χ2n) is 6.32. The molecule has 0 radical (unpaired) electrons. The first kappa shape index (κ1) is 22.6. The van der Waals surface area contributed by atoms with E-state index in [1.165, 1.54) is 29.1 Å². The fourth-order valence-electron chi connectivity index (χ4n) is 2.93. The van der Waals surface area contributed by atoms with Gasteiger partial charge in [0.15, 0.2) is 5.82 Å². The van der Waals surface area contributed by atoms with Crippen molar-refractivity contribution in [2.75, 3.05) is 23.8 Å². The number of hydrogen-bond acceptors (Lipinski definition) is 7. The van der Waals surface area contributed by atoms with Gasteiger partial charge in [0, 0.05) is 18.8 Å². The quantitative estimate of drug-likeness (QED) is 0.393. The Hall–Kier alpha value is -3.08. The summed E-state index contributed by atoms with van der Waals surface area (Å²) in [6.45, 7) is 1.98. The van der Waals surface area contributed by atoms with Crippen LogP contribution < -0.4 is 10.6 Å². The van der Waals surface area contributed by atoms with E-state index in [0.717, 1.165) is 6.20 Å². The molecule has 0 bridgehead atoms. The van der Waals surface area contributed by atoms with E-state index in [4.69, 9.17) is 16.7 Å². The van der Waals surface area contributed by atoms with E-state index < -0.39 is 11.6 Å². The summed E-state index contributed by atoms with van der Waals surface area (Å²) in [5.41, 5.74) is 0.00492. The molecule has 0 spiro atoms. The Kier molecular flexibility index (Phi) is 6.84. The second kappa shape index (κ2) is 9.38. The lowest BCUT2D eigenvalue weighted by Crippen LogP contribution is -2.09. The van der Waals surface area contributed by atoms with Gasteiger partial charge >= 0.3 is 0 Å². The molecule has 3 aromatic heterocycles. The normalized spacial score (nSPS) is 10.7. The predicted octanol–water partition coefficient (Wildman–Crippen LogP) is 4.02. The topological polar surface area (TPSA) is 101 Å². The molecule has 162 valence electrons. The minimum absolute atomic E-state index is 0. The number of pyridine rings is 1. The van der Waals surface area contributed by atoms with E-state index in [1.807, 2.05) is 0 Å². The molecule has 0 amide bonds. The SMILES string of the molecule is Cc1nc(NCCO)cc(Nc2ncc(F)c3nn(-c4c(F)cccc4Cl)cc23)n1.Cl. The lowest BCUT2D eigenvalue weighted by molar-refractivity contribution is 0.311. The maximum absolute atomic E-state index is 14.4.